The average molecular weight is 263 g/mol. The Bertz CT molecular complexity index is 296. The van der Waals surface area contributed by atoms with E-state index in [1.54, 1.807) is 0 Å². The van der Waals surface area contributed by atoms with Crippen LogP contribution in [0.3, 0.4) is 0 Å². The third-order valence-electron chi connectivity index (χ3n) is 2.16. The van der Waals surface area contributed by atoms with E-state index in [0.29, 0.717) is 9.85 Å². The van der Waals surface area contributed by atoms with Crippen LogP contribution in [0.2, 0.25) is 0 Å². The van der Waals surface area contributed by atoms with Crippen LogP contribution >= 0.6 is 27.7 Å². The van der Waals surface area contributed by atoms with Crippen LogP contribution in [0.25, 0.3) is 0 Å². The molecule has 1 aliphatic heterocycles. The maximum atomic E-state index is 9.28. The van der Waals surface area contributed by atoms with Gasteiger partial charge in [-0.25, -0.2) is 0 Å². The molecule has 2 rings (SSSR count). The van der Waals surface area contributed by atoms with E-state index in [4.69, 9.17) is 0 Å². The van der Waals surface area contributed by atoms with Crippen LogP contribution in [0.15, 0.2) is 10.8 Å². The molecule has 0 radical (unpaired) electrons. The first kappa shape index (κ1) is 9.40. The summed E-state index contributed by atoms with van der Waals surface area (Å²) in [5, 5.41) is 14.0. The van der Waals surface area contributed by atoms with Crippen LogP contribution in [0.1, 0.15) is 12.8 Å². The lowest BCUT2D eigenvalue weighted by Gasteiger charge is -2.08. The van der Waals surface area contributed by atoms with Crippen molar-refractivity contribution in [2.75, 3.05) is 5.75 Å². The van der Waals surface area contributed by atoms with E-state index in [2.05, 4.69) is 21.0 Å². The van der Waals surface area contributed by atoms with Gasteiger partial charge in [-0.3, -0.25) is 4.68 Å². The number of nitrogens with zero attached hydrogens (tertiary/aromatic N) is 2. The number of hydrogen-bond acceptors (Lipinski definition) is 3. The van der Waals surface area contributed by atoms with Crippen LogP contribution in [-0.2, 0) is 6.54 Å². The van der Waals surface area contributed by atoms with Crippen molar-refractivity contribution in [3.63, 3.8) is 0 Å². The minimum atomic E-state index is 0.225. The molecule has 1 aromatic heterocycles. The average Bonchev–Trinajstić information content (AvgIpc) is 2.71. The fraction of sp³-hybridized carbons (Fsp3) is 0.625. The monoisotopic (exact) mass is 262 g/mol. The Kier molecular flexibility index (Phi) is 2.83. The molecular weight excluding hydrogens is 252 g/mol. The molecular formula is C8H11BrN2OS. The van der Waals surface area contributed by atoms with Gasteiger partial charge < -0.3 is 5.11 Å². The largest absolute Gasteiger partial charge is 0.504 e. The fourth-order valence-corrected chi connectivity index (χ4v) is 3.05. The lowest BCUT2D eigenvalue weighted by Crippen LogP contribution is -2.11. The number of halogens is 1. The Balaban J connectivity index is 2.04. The van der Waals surface area contributed by atoms with E-state index in [1.165, 1.54) is 24.8 Å². The third kappa shape index (κ3) is 2.02. The Morgan fingerprint density at radius 2 is 2.62 bits per heavy atom. The first-order valence-corrected chi connectivity index (χ1v) is 6.13. The van der Waals surface area contributed by atoms with E-state index in [0.717, 1.165) is 6.54 Å². The van der Waals surface area contributed by atoms with E-state index >= 15 is 0 Å². The van der Waals surface area contributed by atoms with E-state index < -0.39 is 0 Å². The highest BCUT2D eigenvalue weighted by Crippen LogP contribution is 2.30. The Hall–Kier alpha value is -0.160. The summed E-state index contributed by atoms with van der Waals surface area (Å²) in [6.07, 6.45) is 4.04. The Morgan fingerprint density at radius 1 is 1.77 bits per heavy atom. The molecule has 3 nitrogen and oxygen atoms in total. The first-order valence-electron chi connectivity index (χ1n) is 4.29. The first-order chi connectivity index (χ1) is 6.27. The highest BCUT2D eigenvalue weighted by Gasteiger charge is 2.18. The second kappa shape index (κ2) is 3.92. The van der Waals surface area contributed by atoms with Gasteiger partial charge in [0.2, 0.25) is 0 Å². The quantitative estimate of drug-likeness (QED) is 0.889. The third-order valence-corrected chi connectivity index (χ3v) is 4.35. The summed E-state index contributed by atoms with van der Waals surface area (Å²) in [5.74, 6) is 1.48. The zero-order valence-corrected chi connectivity index (χ0v) is 9.51. The molecule has 2 heterocycles. The standard InChI is InChI=1S/C8H11BrN2OS/c9-8-7(12)4-10-11(8)5-6-2-1-3-13-6/h4,6,12H,1-3,5H2. The van der Waals surface area contributed by atoms with Gasteiger partial charge in [0.1, 0.15) is 4.60 Å². The molecule has 13 heavy (non-hydrogen) atoms. The van der Waals surface area contributed by atoms with Crippen molar-refractivity contribution in [3.05, 3.63) is 10.8 Å². The summed E-state index contributed by atoms with van der Waals surface area (Å²) in [7, 11) is 0. The van der Waals surface area contributed by atoms with E-state index in [-0.39, 0.29) is 5.75 Å². The zero-order valence-electron chi connectivity index (χ0n) is 7.11. The molecule has 0 spiro atoms. The van der Waals surface area contributed by atoms with Crippen molar-refractivity contribution in [1.29, 1.82) is 0 Å². The molecule has 1 N–H and O–H groups in total. The van der Waals surface area contributed by atoms with Crippen molar-refractivity contribution in [2.45, 2.75) is 24.6 Å². The molecule has 1 aliphatic rings. The number of rotatable bonds is 2. The van der Waals surface area contributed by atoms with Crippen LogP contribution in [-0.4, -0.2) is 25.9 Å². The normalized spacial score (nSPS) is 22.4. The molecule has 0 saturated carbocycles. The van der Waals surface area contributed by atoms with Crippen molar-refractivity contribution >= 4 is 27.7 Å². The zero-order chi connectivity index (χ0) is 9.26. The summed E-state index contributed by atoms with van der Waals surface area (Å²) in [5.41, 5.74) is 0. The number of thioether (sulfide) groups is 1. The summed E-state index contributed by atoms with van der Waals surface area (Å²) in [6, 6.07) is 0. The van der Waals surface area contributed by atoms with Gasteiger partial charge in [0.25, 0.3) is 0 Å². The lowest BCUT2D eigenvalue weighted by molar-refractivity contribution is 0.467. The minimum absolute atomic E-state index is 0.225. The van der Waals surface area contributed by atoms with Gasteiger partial charge in [-0.05, 0) is 34.5 Å². The van der Waals surface area contributed by atoms with Gasteiger partial charge in [-0.2, -0.15) is 16.9 Å². The molecule has 0 bridgehead atoms. The SMILES string of the molecule is Oc1cnn(CC2CCCS2)c1Br. The van der Waals surface area contributed by atoms with Crippen molar-refractivity contribution < 1.29 is 5.11 Å². The van der Waals surface area contributed by atoms with Crippen LogP contribution in [0.4, 0.5) is 0 Å². The molecule has 0 aliphatic carbocycles. The Labute approximate surface area is 89.6 Å². The lowest BCUT2D eigenvalue weighted by atomic mass is 10.2. The molecule has 72 valence electrons. The summed E-state index contributed by atoms with van der Waals surface area (Å²) >= 11 is 5.29. The summed E-state index contributed by atoms with van der Waals surface area (Å²) in [6.45, 7) is 0.895. The fourth-order valence-electron chi connectivity index (χ4n) is 1.47. The summed E-state index contributed by atoms with van der Waals surface area (Å²) in [4.78, 5) is 0. The summed E-state index contributed by atoms with van der Waals surface area (Å²) < 4.78 is 2.51. The van der Waals surface area contributed by atoms with Gasteiger partial charge in [-0.15, -0.1) is 0 Å². The molecule has 0 amide bonds. The van der Waals surface area contributed by atoms with Gasteiger partial charge >= 0.3 is 0 Å². The second-order valence-electron chi connectivity index (χ2n) is 3.14. The topological polar surface area (TPSA) is 38.1 Å². The minimum Gasteiger partial charge on any atom is -0.504 e. The van der Waals surface area contributed by atoms with Crippen LogP contribution < -0.4 is 0 Å². The van der Waals surface area contributed by atoms with Gasteiger partial charge in [0, 0.05) is 5.25 Å². The number of aromatic nitrogens is 2. The molecule has 5 heteroatoms. The van der Waals surface area contributed by atoms with E-state index in [9.17, 15) is 5.11 Å². The molecule has 1 saturated heterocycles. The van der Waals surface area contributed by atoms with Crippen molar-refractivity contribution in [3.8, 4) is 5.75 Å². The highest BCUT2D eigenvalue weighted by molar-refractivity contribution is 9.10. The molecule has 0 aromatic carbocycles. The predicted molar refractivity (Wildman–Crippen MR) is 57.1 cm³/mol. The number of aromatic hydroxyl groups is 1. The van der Waals surface area contributed by atoms with Crippen LogP contribution in [0.5, 0.6) is 5.75 Å². The van der Waals surface area contributed by atoms with Gasteiger partial charge in [-0.1, -0.05) is 0 Å². The molecule has 1 aromatic rings. The Morgan fingerprint density at radius 3 is 3.15 bits per heavy atom. The number of hydrogen-bond donors (Lipinski definition) is 1. The van der Waals surface area contributed by atoms with Crippen molar-refractivity contribution in [2.24, 2.45) is 0 Å². The molecule has 1 fully saturated rings. The van der Waals surface area contributed by atoms with Crippen molar-refractivity contribution in [1.82, 2.24) is 9.78 Å². The van der Waals surface area contributed by atoms with Gasteiger partial charge in [0.15, 0.2) is 5.75 Å². The maximum Gasteiger partial charge on any atom is 0.168 e. The van der Waals surface area contributed by atoms with Crippen LogP contribution in [0, 0.1) is 0 Å². The highest BCUT2D eigenvalue weighted by atomic mass is 79.9. The van der Waals surface area contributed by atoms with Gasteiger partial charge in [0.05, 0.1) is 12.7 Å². The smallest absolute Gasteiger partial charge is 0.168 e. The molecule has 1 atom stereocenters. The van der Waals surface area contributed by atoms with E-state index in [1.807, 2.05) is 16.4 Å². The maximum absolute atomic E-state index is 9.28. The second-order valence-corrected chi connectivity index (χ2v) is 5.30. The molecule has 1 unspecified atom stereocenters. The predicted octanol–water partition coefficient (Wildman–Crippen LogP) is 2.25.